The van der Waals surface area contributed by atoms with Gasteiger partial charge in [-0.1, -0.05) is 15.9 Å². The lowest BCUT2D eigenvalue weighted by molar-refractivity contribution is -0.123. The van der Waals surface area contributed by atoms with Crippen LogP contribution in [0.2, 0.25) is 0 Å². The van der Waals surface area contributed by atoms with Gasteiger partial charge in [-0.3, -0.25) is 4.79 Å². The van der Waals surface area contributed by atoms with Crippen LogP contribution in [0, 0.1) is 0 Å². The number of nitrogens with one attached hydrogen (secondary N) is 1. The molecule has 2 rings (SSSR count). The standard InChI is InChI=1S/C14H18BrNO4S/c1-14(2,21(3,18)19)13(17)16-8-10-7-11(15)6-9-4-5-20-12(9)10/h6-7H,4-5,8H2,1-3H3,(H,16,17). The third kappa shape index (κ3) is 3.23. The van der Waals surface area contributed by atoms with E-state index in [-0.39, 0.29) is 6.54 Å². The summed E-state index contributed by atoms with van der Waals surface area (Å²) in [5.41, 5.74) is 1.94. The Morgan fingerprint density at radius 3 is 2.71 bits per heavy atom. The number of halogens is 1. The van der Waals surface area contributed by atoms with E-state index in [1.165, 1.54) is 13.8 Å². The highest BCUT2D eigenvalue weighted by Gasteiger charge is 2.38. The fourth-order valence-electron chi connectivity index (χ4n) is 2.03. The minimum Gasteiger partial charge on any atom is -0.493 e. The summed E-state index contributed by atoms with van der Waals surface area (Å²) in [6.07, 6.45) is 1.90. The number of hydrogen-bond acceptors (Lipinski definition) is 4. The van der Waals surface area contributed by atoms with Crippen molar-refractivity contribution in [3.05, 3.63) is 27.7 Å². The van der Waals surface area contributed by atoms with Crippen molar-refractivity contribution in [2.24, 2.45) is 0 Å². The van der Waals surface area contributed by atoms with Crippen molar-refractivity contribution in [2.45, 2.75) is 31.6 Å². The quantitative estimate of drug-likeness (QED) is 0.870. The van der Waals surface area contributed by atoms with Crippen LogP contribution in [0.1, 0.15) is 25.0 Å². The number of rotatable bonds is 4. The van der Waals surface area contributed by atoms with Crippen LogP contribution in [-0.2, 0) is 27.6 Å². The van der Waals surface area contributed by atoms with Crippen LogP contribution >= 0.6 is 15.9 Å². The Morgan fingerprint density at radius 1 is 1.43 bits per heavy atom. The summed E-state index contributed by atoms with van der Waals surface area (Å²) in [5, 5.41) is 2.68. The third-order valence-corrected chi connectivity index (χ3v) is 6.24. The molecule has 116 valence electrons. The van der Waals surface area contributed by atoms with E-state index in [1.807, 2.05) is 12.1 Å². The minimum absolute atomic E-state index is 0.236. The number of carbonyl (C=O) groups is 1. The van der Waals surface area contributed by atoms with Crippen LogP contribution in [-0.4, -0.2) is 31.9 Å². The average molecular weight is 376 g/mol. The molecule has 0 aliphatic carbocycles. The molecule has 5 nitrogen and oxygen atoms in total. The number of ether oxygens (including phenoxy) is 1. The summed E-state index contributed by atoms with van der Waals surface area (Å²) in [5.74, 6) is 0.271. The van der Waals surface area contributed by atoms with Gasteiger partial charge in [-0.05, 0) is 31.5 Å². The van der Waals surface area contributed by atoms with Crippen molar-refractivity contribution in [1.29, 1.82) is 0 Å². The number of fused-ring (bicyclic) bond motifs is 1. The Morgan fingerprint density at radius 2 is 2.10 bits per heavy atom. The molecule has 1 aliphatic heterocycles. The molecule has 0 aromatic heterocycles. The molecule has 0 spiro atoms. The van der Waals surface area contributed by atoms with Gasteiger partial charge in [0.05, 0.1) is 6.61 Å². The van der Waals surface area contributed by atoms with Gasteiger partial charge in [-0.2, -0.15) is 0 Å². The molecule has 1 heterocycles. The predicted octanol–water partition coefficient (Wildman–Crippen LogP) is 1.82. The third-order valence-electron chi connectivity index (χ3n) is 3.74. The van der Waals surface area contributed by atoms with Crippen molar-refractivity contribution in [3.63, 3.8) is 0 Å². The molecule has 0 fully saturated rings. The Hall–Kier alpha value is -1.08. The number of sulfone groups is 1. The summed E-state index contributed by atoms with van der Waals surface area (Å²) in [6.45, 7) is 3.67. The first-order valence-electron chi connectivity index (χ1n) is 6.55. The molecule has 1 aromatic carbocycles. The molecule has 0 unspecified atom stereocenters. The number of amides is 1. The molecular formula is C14H18BrNO4S. The zero-order valence-corrected chi connectivity index (χ0v) is 14.6. The summed E-state index contributed by atoms with van der Waals surface area (Å²) in [6, 6.07) is 3.87. The molecule has 0 saturated carbocycles. The predicted molar refractivity (Wildman–Crippen MR) is 84.1 cm³/mol. The summed E-state index contributed by atoms with van der Waals surface area (Å²) in [4.78, 5) is 12.1. The SMILES string of the molecule is CC(C)(C(=O)NCc1cc(Br)cc2c1OCC2)S(C)(=O)=O. The molecule has 0 radical (unpaired) electrons. The summed E-state index contributed by atoms with van der Waals surface area (Å²) >= 11 is 3.43. The van der Waals surface area contributed by atoms with Crippen molar-refractivity contribution in [1.82, 2.24) is 5.32 Å². The number of benzene rings is 1. The molecule has 0 saturated heterocycles. The second kappa shape index (κ2) is 5.61. The molecule has 21 heavy (non-hydrogen) atoms. The summed E-state index contributed by atoms with van der Waals surface area (Å²) in [7, 11) is -3.48. The van der Waals surface area contributed by atoms with Gasteiger partial charge < -0.3 is 10.1 Å². The highest BCUT2D eigenvalue weighted by molar-refractivity contribution is 9.10. The number of hydrogen-bond donors (Lipinski definition) is 1. The molecule has 1 aliphatic rings. The van der Waals surface area contributed by atoms with E-state index in [0.717, 1.165) is 34.0 Å². The Balaban J connectivity index is 2.17. The van der Waals surface area contributed by atoms with Gasteiger partial charge >= 0.3 is 0 Å². The van der Waals surface area contributed by atoms with E-state index in [1.54, 1.807) is 0 Å². The zero-order valence-electron chi connectivity index (χ0n) is 12.2. The maximum absolute atomic E-state index is 12.1. The van der Waals surface area contributed by atoms with Crippen LogP contribution < -0.4 is 10.1 Å². The van der Waals surface area contributed by atoms with E-state index < -0.39 is 20.5 Å². The average Bonchev–Trinajstić information content (AvgIpc) is 2.81. The van der Waals surface area contributed by atoms with E-state index in [2.05, 4.69) is 21.2 Å². The zero-order chi connectivity index (χ0) is 15.8. The van der Waals surface area contributed by atoms with E-state index in [4.69, 9.17) is 4.74 Å². The fourth-order valence-corrected chi connectivity index (χ4v) is 3.00. The van der Waals surface area contributed by atoms with Gasteiger partial charge in [0.1, 0.15) is 10.5 Å². The molecular weight excluding hydrogens is 358 g/mol. The normalized spacial score (nSPS) is 14.5. The monoisotopic (exact) mass is 375 g/mol. The van der Waals surface area contributed by atoms with Crippen molar-refractivity contribution >= 4 is 31.7 Å². The van der Waals surface area contributed by atoms with Crippen LogP contribution in [0.15, 0.2) is 16.6 Å². The lowest BCUT2D eigenvalue weighted by atomic mass is 10.1. The smallest absolute Gasteiger partial charge is 0.241 e. The van der Waals surface area contributed by atoms with Crippen LogP contribution in [0.25, 0.3) is 0 Å². The molecule has 0 bridgehead atoms. The highest BCUT2D eigenvalue weighted by Crippen LogP contribution is 2.33. The van der Waals surface area contributed by atoms with E-state index >= 15 is 0 Å². The van der Waals surface area contributed by atoms with Crippen LogP contribution in [0.3, 0.4) is 0 Å². The molecule has 1 amide bonds. The topological polar surface area (TPSA) is 72.5 Å². The van der Waals surface area contributed by atoms with Crippen molar-refractivity contribution in [3.8, 4) is 5.75 Å². The van der Waals surface area contributed by atoms with Gasteiger partial charge in [0, 0.05) is 29.3 Å². The lowest BCUT2D eigenvalue weighted by Gasteiger charge is -2.21. The van der Waals surface area contributed by atoms with Crippen LogP contribution in [0.5, 0.6) is 5.75 Å². The molecule has 0 atom stereocenters. The number of carbonyl (C=O) groups excluding carboxylic acids is 1. The van der Waals surface area contributed by atoms with Crippen molar-refractivity contribution < 1.29 is 17.9 Å². The van der Waals surface area contributed by atoms with Gasteiger partial charge in [0.25, 0.3) is 0 Å². The largest absolute Gasteiger partial charge is 0.493 e. The van der Waals surface area contributed by atoms with Gasteiger partial charge in [-0.15, -0.1) is 0 Å². The Bertz CT molecular complexity index is 682. The molecule has 1 aromatic rings. The lowest BCUT2D eigenvalue weighted by Crippen LogP contribution is -2.47. The Kier molecular flexibility index (Phi) is 4.35. The second-order valence-electron chi connectivity index (χ2n) is 5.62. The van der Waals surface area contributed by atoms with Gasteiger partial charge in [0.15, 0.2) is 9.84 Å². The first-order valence-corrected chi connectivity index (χ1v) is 9.23. The minimum atomic E-state index is -3.48. The molecule has 1 N–H and O–H groups in total. The van der Waals surface area contributed by atoms with Gasteiger partial charge in [-0.25, -0.2) is 8.42 Å². The maximum Gasteiger partial charge on any atom is 0.241 e. The van der Waals surface area contributed by atoms with Crippen LogP contribution in [0.4, 0.5) is 0 Å². The Labute approximate surface area is 133 Å². The fraction of sp³-hybridized carbons (Fsp3) is 0.500. The first-order chi connectivity index (χ1) is 9.63. The molecule has 7 heteroatoms. The van der Waals surface area contributed by atoms with Gasteiger partial charge in [0.2, 0.25) is 5.91 Å². The highest BCUT2D eigenvalue weighted by atomic mass is 79.9. The summed E-state index contributed by atoms with van der Waals surface area (Å²) < 4.78 is 28.3. The van der Waals surface area contributed by atoms with Crippen molar-refractivity contribution in [2.75, 3.05) is 12.9 Å². The first kappa shape index (κ1) is 16.3. The van der Waals surface area contributed by atoms with E-state index in [0.29, 0.717) is 6.61 Å². The maximum atomic E-state index is 12.1. The second-order valence-corrected chi connectivity index (χ2v) is 9.10. The van der Waals surface area contributed by atoms with E-state index in [9.17, 15) is 13.2 Å².